The molecule has 4 amide bonds. The number of carbonyl (C=O) groups is 4. The van der Waals surface area contributed by atoms with E-state index in [1.807, 2.05) is 42.5 Å². The van der Waals surface area contributed by atoms with Gasteiger partial charge in [0.2, 0.25) is 23.6 Å². The highest BCUT2D eigenvalue weighted by molar-refractivity contribution is 6.31. The van der Waals surface area contributed by atoms with Crippen molar-refractivity contribution in [2.45, 2.75) is 5.41 Å². The van der Waals surface area contributed by atoms with Gasteiger partial charge in [-0.15, -0.1) is 0 Å². The standard InChI is InChI=1S/C30H20Cl2N2O4/c31-17-6-10-19(11-7-17)33-26(35)22-21-14-15-30(24(22)28(33)37,16-4-2-1-3-5-16)25-23(21)27(36)34(29(25)38)20-12-8-18(32)9-13-20/h1-15,21-25H/t21?,22-,23+,24+,25-,30?. The van der Waals surface area contributed by atoms with Crippen molar-refractivity contribution in [2.75, 3.05) is 9.80 Å². The first-order chi connectivity index (χ1) is 18.3. The highest BCUT2D eigenvalue weighted by Gasteiger charge is 2.75. The summed E-state index contributed by atoms with van der Waals surface area (Å²) in [7, 11) is 0. The van der Waals surface area contributed by atoms with Crippen LogP contribution in [-0.4, -0.2) is 23.6 Å². The maximum absolute atomic E-state index is 14.2. The number of hydrogen-bond donors (Lipinski definition) is 0. The maximum Gasteiger partial charge on any atom is 0.238 e. The van der Waals surface area contributed by atoms with Crippen molar-refractivity contribution in [3.8, 4) is 0 Å². The molecule has 3 aromatic carbocycles. The highest BCUT2D eigenvalue weighted by atomic mass is 35.5. The molecule has 3 aromatic rings. The Bertz CT molecular complexity index is 1460. The zero-order chi connectivity index (χ0) is 26.3. The van der Waals surface area contributed by atoms with Gasteiger partial charge in [-0.2, -0.15) is 0 Å². The van der Waals surface area contributed by atoms with Crippen LogP contribution in [0.5, 0.6) is 0 Å². The summed E-state index contributed by atoms with van der Waals surface area (Å²) in [5.41, 5.74) is 0.421. The smallest absolute Gasteiger partial charge is 0.238 e. The van der Waals surface area contributed by atoms with Crippen molar-refractivity contribution >= 4 is 58.2 Å². The van der Waals surface area contributed by atoms with Crippen LogP contribution in [0.3, 0.4) is 0 Å². The lowest BCUT2D eigenvalue weighted by Gasteiger charge is -2.53. The molecular formula is C30H20Cl2N2O4. The molecule has 6 atom stereocenters. The minimum Gasteiger partial charge on any atom is -0.274 e. The minimum atomic E-state index is -1.16. The van der Waals surface area contributed by atoms with Gasteiger partial charge in [0.05, 0.1) is 35.0 Å². The first kappa shape index (κ1) is 23.4. The number of halogens is 2. The Morgan fingerprint density at radius 3 is 1.47 bits per heavy atom. The fraction of sp³-hybridized carbons (Fsp3) is 0.200. The third-order valence-electron chi connectivity index (χ3n) is 8.60. The van der Waals surface area contributed by atoms with Crippen molar-refractivity contribution in [1.29, 1.82) is 0 Å². The Morgan fingerprint density at radius 2 is 1.03 bits per heavy atom. The van der Waals surface area contributed by atoms with Gasteiger partial charge >= 0.3 is 0 Å². The molecule has 0 spiro atoms. The zero-order valence-corrected chi connectivity index (χ0v) is 21.3. The van der Waals surface area contributed by atoms with Crippen LogP contribution in [0.4, 0.5) is 11.4 Å². The van der Waals surface area contributed by atoms with Crippen LogP contribution in [0.25, 0.3) is 0 Å². The summed E-state index contributed by atoms with van der Waals surface area (Å²) >= 11 is 12.1. The van der Waals surface area contributed by atoms with E-state index in [1.54, 1.807) is 48.5 Å². The molecule has 2 aliphatic heterocycles. The third kappa shape index (κ3) is 2.90. The molecule has 188 valence electrons. The largest absolute Gasteiger partial charge is 0.274 e. The SMILES string of the molecule is O=C1[C@@H]2C3C=CC(c4ccccc4)([C@@H]2C(=O)N1c1ccc(Cl)cc1)[C@H]1C(=O)N(c2ccc(Cl)cc2)C(=O)[C@@H]31. The number of amides is 4. The van der Waals surface area contributed by atoms with Crippen LogP contribution in [0.2, 0.25) is 10.0 Å². The average Bonchev–Trinajstić information content (AvgIpc) is 3.37. The van der Waals surface area contributed by atoms with E-state index < -0.39 is 35.0 Å². The van der Waals surface area contributed by atoms with Gasteiger partial charge in [0.1, 0.15) is 0 Å². The first-order valence-corrected chi connectivity index (χ1v) is 13.1. The fourth-order valence-electron chi connectivity index (χ4n) is 7.17. The average molecular weight is 543 g/mol. The normalized spacial score (nSPS) is 31.3. The zero-order valence-electron chi connectivity index (χ0n) is 19.8. The summed E-state index contributed by atoms with van der Waals surface area (Å²) in [5.74, 6) is -5.25. The van der Waals surface area contributed by atoms with Gasteiger partial charge < -0.3 is 0 Å². The molecule has 38 heavy (non-hydrogen) atoms. The number of benzene rings is 3. The molecule has 0 N–H and O–H groups in total. The first-order valence-electron chi connectivity index (χ1n) is 12.4. The highest BCUT2D eigenvalue weighted by Crippen LogP contribution is 2.65. The van der Waals surface area contributed by atoms with E-state index in [1.165, 1.54) is 9.80 Å². The van der Waals surface area contributed by atoms with E-state index in [0.29, 0.717) is 21.4 Å². The molecular weight excluding hydrogens is 523 g/mol. The second kappa shape index (κ2) is 8.13. The van der Waals surface area contributed by atoms with Crippen molar-refractivity contribution in [1.82, 2.24) is 0 Å². The van der Waals surface area contributed by atoms with E-state index >= 15 is 0 Å². The lowest BCUT2D eigenvalue weighted by Crippen LogP contribution is -2.60. The molecule has 6 nitrogen and oxygen atoms in total. The van der Waals surface area contributed by atoms with Crippen LogP contribution in [0, 0.1) is 29.6 Å². The lowest BCUT2D eigenvalue weighted by atomic mass is 9.45. The molecule has 3 aliphatic carbocycles. The number of carbonyl (C=O) groups excluding carboxylic acids is 4. The van der Waals surface area contributed by atoms with Gasteiger partial charge in [0, 0.05) is 21.4 Å². The molecule has 0 radical (unpaired) electrons. The van der Waals surface area contributed by atoms with Gasteiger partial charge in [-0.1, -0.05) is 65.7 Å². The van der Waals surface area contributed by atoms with Gasteiger partial charge in [0.25, 0.3) is 0 Å². The van der Waals surface area contributed by atoms with Crippen LogP contribution >= 0.6 is 23.2 Å². The fourth-order valence-corrected chi connectivity index (χ4v) is 7.42. The molecule has 5 aliphatic rings. The summed E-state index contributed by atoms with van der Waals surface area (Å²) in [6.45, 7) is 0. The summed E-state index contributed by atoms with van der Waals surface area (Å²) in [6, 6.07) is 22.4. The Balaban J connectivity index is 1.42. The molecule has 2 saturated heterocycles. The van der Waals surface area contributed by atoms with E-state index in [4.69, 9.17) is 23.2 Å². The number of rotatable bonds is 3. The van der Waals surface area contributed by atoms with Crippen LogP contribution in [0.15, 0.2) is 91.0 Å². The second-order valence-electron chi connectivity index (χ2n) is 10.2. The van der Waals surface area contributed by atoms with Crippen molar-refractivity contribution in [2.24, 2.45) is 29.6 Å². The monoisotopic (exact) mass is 542 g/mol. The summed E-state index contributed by atoms with van der Waals surface area (Å²) in [5, 5.41) is 0.974. The van der Waals surface area contributed by atoms with Crippen LogP contribution in [-0.2, 0) is 24.6 Å². The van der Waals surface area contributed by atoms with Crippen molar-refractivity contribution in [3.63, 3.8) is 0 Å². The molecule has 0 aromatic heterocycles. The summed E-state index contributed by atoms with van der Waals surface area (Å²) < 4.78 is 0. The third-order valence-corrected chi connectivity index (χ3v) is 9.10. The van der Waals surface area contributed by atoms with E-state index in [9.17, 15) is 19.2 Å². The number of imide groups is 2. The van der Waals surface area contributed by atoms with Gasteiger partial charge in [-0.25, -0.2) is 9.80 Å². The Morgan fingerprint density at radius 1 is 0.579 bits per heavy atom. The summed E-state index contributed by atoms with van der Waals surface area (Å²) in [6.07, 6.45) is 3.78. The molecule has 2 heterocycles. The number of allylic oxidation sites excluding steroid dienone is 2. The minimum absolute atomic E-state index is 0.361. The molecule has 8 rings (SSSR count). The Labute approximate surface area is 228 Å². The van der Waals surface area contributed by atoms with Gasteiger partial charge in [0.15, 0.2) is 0 Å². The molecule has 1 saturated carbocycles. The quantitative estimate of drug-likeness (QED) is 0.343. The predicted octanol–water partition coefficient (Wildman–Crippen LogP) is 5.04. The van der Waals surface area contributed by atoms with Gasteiger partial charge in [-0.05, 0) is 54.1 Å². The number of hydrogen-bond acceptors (Lipinski definition) is 4. The molecule has 2 bridgehead atoms. The molecule has 3 fully saturated rings. The maximum atomic E-state index is 14.2. The predicted molar refractivity (Wildman–Crippen MR) is 143 cm³/mol. The Hall–Kier alpha value is -3.74. The van der Waals surface area contributed by atoms with E-state index in [2.05, 4.69) is 0 Å². The molecule has 2 unspecified atom stereocenters. The molecule has 8 heteroatoms. The number of nitrogens with zero attached hydrogens (tertiary/aromatic N) is 2. The summed E-state index contributed by atoms with van der Waals surface area (Å²) in [4.78, 5) is 58.7. The lowest BCUT2D eigenvalue weighted by molar-refractivity contribution is -0.140. The van der Waals surface area contributed by atoms with Crippen LogP contribution < -0.4 is 9.80 Å². The second-order valence-corrected chi connectivity index (χ2v) is 11.1. The van der Waals surface area contributed by atoms with E-state index in [-0.39, 0.29) is 23.6 Å². The number of anilines is 2. The van der Waals surface area contributed by atoms with Crippen molar-refractivity contribution < 1.29 is 19.2 Å². The van der Waals surface area contributed by atoms with Crippen molar-refractivity contribution in [3.05, 3.63) is 107 Å². The topological polar surface area (TPSA) is 74.8 Å². The van der Waals surface area contributed by atoms with Crippen LogP contribution in [0.1, 0.15) is 5.56 Å². The van der Waals surface area contributed by atoms with Gasteiger partial charge in [-0.3, -0.25) is 19.2 Å². The Kier molecular flexibility index (Phi) is 5.00. The van der Waals surface area contributed by atoms with E-state index in [0.717, 1.165) is 5.56 Å².